The highest BCUT2D eigenvalue weighted by Crippen LogP contribution is 2.26. The molecule has 3 nitrogen and oxygen atoms in total. The van der Waals surface area contributed by atoms with E-state index in [9.17, 15) is 4.39 Å². The van der Waals surface area contributed by atoms with Crippen molar-refractivity contribution in [3.8, 4) is 11.5 Å². The van der Waals surface area contributed by atoms with Crippen LogP contribution in [0, 0.1) is 5.82 Å². The van der Waals surface area contributed by atoms with Crippen molar-refractivity contribution in [1.29, 1.82) is 0 Å². The van der Waals surface area contributed by atoms with Gasteiger partial charge in [-0.25, -0.2) is 4.39 Å². The van der Waals surface area contributed by atoms with Gasteiger partial charge in [-0.15, -0.1) is 11.6 Å². The van der Waals surface area contributed by atoms with Gasteiger partial charge in [0.1, 0.15) is 23.9 Å². The number of methoxy groups -OCH3 is 1. The van der Waals surface area contributed by atoms with E-state index in [1.54, 1.807) is 25.4 Å². The van der Waals surface area contributed by atoms with E-state index in [1.165, 1.54) is 6.07 Å². The average molecular weight is 282 g/mol. The third-order valence-electron chi connectivity index (χ3n) is 2.57. The van der Waals surface area contributed by atoms with Crippen molar-refractivity contribution in [2.45, 2.75) is 12.5 Å². The maximum absolute atomic E-state index is 13.0. The Bertz CT molecular complexity index is 563. The van der Waals surface area contributed by atoms with Crippen molar-refractivity contribution in [1.82, 2.24) is 4.98 Å². The molecule has 0 radical (unpaired) electrons. The van der Waals surface area contributed by atoms with Crippen molar-refractivity contribution in [3.05, 3.63) is 53.6 Å². The van der Waals surface area contributed by atoms with Gasteiger partial charge >= 0.3 is 0 Å². The molecule has 1 aromatic heterocycles. The van der Waals surface area contributed by atoms with Crippen molar-refractivity contribution in [3.63, 3.8) is 0 Å². The van der Waals surface area contributed by atoms with Gasteiger partial charge in [0.15, 0.2) is 0 Å². The van der Waals surface area contributed by atoms with Crippen LogP contribution < -0.4 is 9.47 Å². The van der Waals surface area contributed by atoms with Crippen LogP contribution in [-0.2, 0) is 12.5 Å². The van der Waals surface area contributed by atoms with Crippen LogP contribution in [0.3, 0.4) is 0 Å². The summed E-state index contributed by atoms with van der Waals surface area (Å²) in [7, 11) is 1.59. The van der Waals surface area contributed by atoms with Gasteiger partial charge < -0.3 is 9.47 Å². The largest absolute Gasteiger partial charge is 0.497 e. The molecule has 0 bridgehead atoms. The summed E-state index contributed by atoms with van der Waals surface area (Å²) >= 11 is 5.86. The number of hydrogen-bond acceptors (Lipinski definition) is 3. The van der Waals surface area contributed by atoms with E-state index >= 15 is 0 Å². The molecule has 0 atom stereocenters. The fourth-order valence-corrected chi connectivity index (χ4v) is 1.83. The lowest BCUT2D eigenvalue weighted by atomic mass is 10.2. The number of alkyl halides is 1. The monoisotopic (exact) mass is 281 g/mol. The number of nitrogens with zero attached hydrogens (tertiary/aromatic N) is 1. The Morgan fingerprint density at radius 2 is 2.11 bits per heavy atom. The smallest absolute Gasteiger partial charge is 0.141 e. The summed E-state index contributed by atoms with van der Waals surface area (Å²) in [6.45, 7) is 0.237. The van der Waals surface area contributed by atoms with Crippen LogP contribution in [0.15, 0.2) is 36.7 Å². The minimum Gasteiger partial charge on any atom is -0.497 e. The van der Waals surface area contributed by atoms with E-state index in [-0.39, 0.29) is 12.4 Å². The third kappa shape index (κ3) is 3.58. The number of aromatic nitrogens is 1. The zero-order valence-electron chi connectivity index (χ0n) is 10.4. The lowest BCUT2D eigenvalue weighted by Crippen LogP contribution is -1.99. The van der Waals surface area contributed by atoms with Crippen LogP contribution in [-0.4, -0.2) is 12.1 Å². The van der Waals surface area contributed by atoms with E-state index in [4.69, 9.17) is 21.1 Å². The van der Waals surface area contributed by atoms with E-state index in [0.29, 0.717) is 17.2 Å². The number of halogens is 2. The van der Waals surface area contributed by atoms with Crippen molar-refractivity contribution < 1.29 is 13.9 Å². The molecule has 0 spiro atoms. The van der Waals surface area contributed by atoms with Crippen LogP contribution in [0.1, 0.15) is 11.1 Å². The zero-order valence-corrected chi connectivity index (χ0v) is 11.2. The topological polar surface area (TPSA) is 31.4 Å². The molecular weight excluding hydrogens is 269 g/mol. The number of rotatable bonds is 5. The summed E-state index contributed by atoms with van der Waals surface area (Å²) in [5.74, 6) is 1.30. The minimum absolute atomic E-state index is 0.237. The molecule has 0 aliphatic rings. The molecule has 0 unspecified atom stereocenters. The highest BCUT2D eigenvalue weighted by atomic mass is 35.5. The Hall–Kier alpha value is -1.81. The predicted octanol–water partition coefficient (Wildman–Crippen LogP) is 3.55. The first kappa shape index (κ1) is 13.6. The Labute approximate surface area is 115 Å². The molecule has 2 aromatic rings. The van der Waals surface area contributed by atoms with Gasteiger partial charge in [0.25, 0.3) is 0 Å². The summed E-state index contributed by atoms with van der Waals surface area (Å²) in [4.78, 5) is 3.77. The lowest BCUT2D eigenvalue weighted by molar-refractivity contribution is 0.302. The lowest BCUT2D eigenvalue weighted by Gasteiger charge is -2.11. The van der Waals surface area contributed by atoms with Crippen LogP contribution in [0.2, 0.25) is 0 Å². The van der Waals surface area contributed by atoms with Gasteiger partial charge in [0.05, 0.1) is 19.2 Å². The average Bonchev–Trinajstić information content (AvgIpc) is 2.45. The standard InChI is InChI=1S/C14H13ClFNO2/c1-18-13-2-3-14(11(5-13)6-15)19-9-10-4-12(16)8-17-7-10/h2-5,7-8H,6,9H2,1H3. The fourth-order valence-electron chi connectivity index (χ4n) is 1.62. The quantitative estimate of drug-likeness (QED) is 0.786. The molecule has 0 fully saturated rings. The molecular formula is C14H13ClFNO2. The van der Waals surface area contributed by atoms with Gasteiger partial charge in [-0.05, 0) is 24.3 Å². The van der Waals surface area contributed by atoms with Gasteiger partial charge in [0, 0.05) is 17.3 Å². The maximum Gasteiger partial charge on any atom is 0.141 e. The molecule has 0 saturated heterocycles. The summed E-state index contributed by atoms with van der Waals surface area (Å²) < 4.78 is 23.7. The minimum atomic E-state index is -0.381. The van der Waals surface area contributed by atoms with Gasteiger partial charge in [-0.3, -0.25) is 4.98 Å². The molecule has 1 heterocycles. The first-order chi connectivity index (χ1) is 9.22. The molecule has 19 heavy (non-hydrogen) atoms. The first-order valence-electron chi connectivity index (χ1n) is 5.68. The SMILES string of the molecule is COc1ccc(OCc2cncc(F)c2)c(CCl)c1. The van der Waals surface area contributed by atoms with E-state index in [0.717, 1.165) is 17.5 Å². The van der Waals surface area contributed by atoms with Gasteiger partial charge in [0.2, 0.25) is 0 Å². The molecule has 0 amide bonds. The zero-order chi connectivity index (χ0) is 13.7. The van der Waals surface area contributed by atoms with Gasteiger partial charge in [-0.1, -0.05) is 0 Å². The van der Waals surface area contributed by atoms with E-state index in [1.807, 2.05) is 6.07 Å². The molecule has 1 aromatic carbocycles. The summed E-state index contributed by atoms with van der Waals surface area (Å²) in [6, 6.07) is 6.77. The maximum atomic E-state index is 13.0. The van der Waals surface area contributed by atoms with E-state index in [2.05, 4.69) is 4.98 Å². The summed E-state index contributed by atoms with van der Waals surface area (Å²) in [5.41, 5.74) is 1.49. The molecule has 0 aliphatic carbocycles. The second-order valence-electron chi connectivity index (χ2n) is 3.91. The highest BCUT2D eigenvalue weighted by Gasteiger charge is 2.06. The highest BCUT2D eigenvalue weighted by molar-refractivity contribution is 6.17. The number of pyridine rings is 1. The van der Waals surface area contributed by atoms with Gasteiger partial charge in [-0.2, -0.15) is 0 Å². The number of benzene rings is 1. The summed E-state index contributed by atoms with van der Waals surface area (Å²) in [6.07, 6.45) is 2.72. The molecule has 2 rings (SSSR count). The second-order valence-corrected chi connectivity index (χ2v) is 4.17. The molecule has 0 saturated carbocycles. The van der Waals surface area contributed by atoms with Crippen LogP contribution in [0.25, 0.3) is 0 Å². The fraction of sp³-hybridized carbons (Fsp3) is 0.214. The van der Waals surface area contributed by atoms with Crippen molar-refractivity contribution in [2.24, 2.45) is 0 Å². The molecule has 100 valence electrons. The second kappa shape index (κ2) is 6.38. The molecule has 0 aliphatic heterocycles. The van der Waals surface area contributed by atoms with Crippen molar-refractivity contribution >= 4 is 11.6 Å². The van der Waals surface area contributed by atoms with Crippen LogP contribution >= 0.6 is 11.6 Å². The van der Waals surface area contributed by atoms with Crippen LogP contribution in [0.4, 0.5) is 4.39 Å². The van der Waals surface area contributed by atoms with Crippen LogP contribution in [0.5, 0.6) is 11.5 Å². The Kier molecular flexibility index (Phi) is 4.58. The molecule has 0 N–H and O–H groups in total. The predicted molar refractivity (Wildman–Crippen MR) is 71.1 cm³/mol. The van der Waals surface area contributed by atoms with E-state index < -0.39 is 0 Å². The summed E-state index contributed by atoms with van der Waals surface area (Å²) in [5, 5.41) is 0. The number of hydrogen-bond donors (Lipinski definition) is 0. The normalized spacial score (nSPS) is 10.3. The third-order valence-corrected chi connectivity index (χ3v) is 2.86. The Morgan fingerprint density at radius 1 is 1.26 bits per heavy atom. The van der Waals surface area contributed by atoms with Crippen molar-refractivity contribution in [2.75, 3.05) is 7.11 Å². The molecule has 5 heteroatoms. The Morgan fingerprint density at radius 3 is 2.79 bits per heavy atom. The Balaban J connectivity index is 2.11. The first-order valence-corrected chi connectivity index (χ1v) is 6.21. The number of ether oxygens (including phenoxy) is 2.